The minimum atomic E-state index is -0.408. The van der Waals surface area contributed by atoms with Gasteiger partial charge in [-0.1, -0.05) is 0 Å². The summed E-state index contributed by atoms with van der Waals surface area (Å²) < 4.78 is 0. The molecule has 1 atom stereocenters. The van der Waals surface area contributed by atoms with Gasteiger partial charge in [-0.25, -0.2) is 4.98 Å². The van der Waals surface area contributed by atoms with E-state index < -0.39 is 4.92 Å². The molecular weight excluding hydrogens is 208 g/mol. The summed E-state index contributed by atoms with van der Waals surface area (Å²) in [6.45, 7) is 1.58. The second-order valence-corrected chi connectivity index (χ2v) is 3.98. The Labute approximate surface area is 93.2 Å². The molecule has 1 aromatic rings. The third-order valence-electron chi connectivity index (χ3n) is 2.72. The third kappa shape index (κ3) is 2.27. The smallest absolute Gasteiger partial charge is 0.274 e. The lowest BCUT2D eigenvalue weighted by Crippen LogP contribution is -2.43. The Morgan fingerprint density at radius 1 is 1.62 bits per heavy atom. The highest BCUT2D eigenvalue weighted by Gasteiger charge is 2.19. The van der Waals surface area contributed by atoms with Gasteiger partial charge in [0.05, 0.1) is 11.0 Å². The fraction of sp³-hybridized carbons (Fsp3) is 0.500. The minimum Gasteiger partial charge on any atom is -0.355 e. The van der Waals surface area contributed by atoms with Crippen molar-refractivity contribution >= 4 is 11.5 Å². The van der Waals surface area contributed by atoms with E-state index in [1.165, 1.54) is 18.3 Å². The molecule has 6 heteroatoms. The van der Waals surface area contributed by atoms with E-state index >= 15 is 0 Å². The summed E-state index contributed by atoms with van der Waals surface area (Å²) in [5.74, 6) is 0.643. The first-order valence-electron chi connectivity index (χ1n) is 5.28. The first-order chi connectivity index (χ1) is 7.66. The Kier molecular flexibility index (Phi) is 3.00. The summed E-state index contributed by atoms with van der Waals surface area (Å²) in [7, 11) is 0. The predicted molar refractivity (Wildman–Crippen MR) is 60.3 cm³/mol. The molecule has 1 fully saturated rings. The lowest BCUT2D eigenvalue weighted by Gasteiger charge is -2.31. The van der Waals surface area contributed by atoms with E-state index in [-0.39, 0.29) is 11.7 Å². The van der Waals surface area contributed by atoms with E-state index in [1.807, 2.05) is 4.90 Å². The number of hydrogen-bond donors (Lipinski definition) is 1. The summed E-state index contributed by atoms with van der Waals surface area (Å²) in [4.78, 5) is 16.4. The maximum Gasteiger partial charge on any atom is 0.274 e. The van der Waals surface area contributed by atoms with E-state index in [2.05, 4.69) is 4.98 Å². The van der Waals surface area contributed by atoms with Gasteiger partial charge in [0.15, 0.2) is 0 Å². The average molecular weight is 222 g/mol. The second kappa shape index (κ2) is 4.44. The fourth-order valence-electron chi connectivity index (χ4n) is 1.91. The molecule has 2 rings (SSSR count). The molecule has 1 unspecified atom stereocenters. The van der Waals surface area contributed by atoms with Crippen LogP contribution in [0.3, 0.4) is 0 Å². The molecular formula is C10H14N4O2. The largest absolute Gasteiger partial charge is 0.355 e. The number of aromatic nitrogens is 1. The summed E-state index contributed by atoms with van der Waals surface area (Å²) in [6.07, 6.45) is 3.48. The van der Waals surface area contributed by atoms with Crippen molar-refractivity contribution in [3.63, 3.8) is 0 Å². The standard InChI is InChI=1S/C10H14N4O2/c11-8-2-1-5-13(7-8)10-6-9(14(15)16)3-4-12-10/h3-4,6,8H,1-2,5,7,11H2. The molecule has 0 bridgehead atoms. The molecule has 0 amide bonds. The zero-order valence-electron chi connectivity index (χ0n) is 8.87. The normalized spacial score (nSPS) is 20.8. The van der Waals surface area contributed by atoms with Gasteiger partial charge in [-0.15, -0.1) is 0 Å². The molecule has 6 nitrogen and oxygen atoms in total. The molecule has 0 aliphatic carbocycles. The summed E-state index contributed by atoms with van der Waals surface area (Å²) >= 11 is 0. The topological polar surface area (TPSA) is 85.3 Å². The number of piperidine rings is 1. The van der Waals surface area contributed by atoms with Crippen molar-refractivity contribution in [2.75, 3.05) is 18.0 Å². The van der Waals surface area contributed by atoms with Crippen LogP contribution in [0.4, 0.5) is 11.5 Å². The molecule has 1 saturated heterocycles. The first-order valence-corrected chi connectivity index (χ1v) is 5.28. The molecule has 0 spiro atoms. The molecule has 16 heavy (non-hydrogen) atoms. The highest BCUT2D eigenvalue weighted by atomic mass is 16.6. The summed E-state index contributed by atoms with van der Waals surface area (Å²) in [5.41, 5.74) is 5.93. The highest BCUT2D eigenvalue weighted by molar-refractivity contribution is 5.47. The van der Waals surface area contributed by atoms with Gasteiger partial charge in [0.2, 0.25) is 0 Å². The van der Waals surface area contributed by atoms with Crippen LogP contribution in [0.15, 0.2) is 18.3 Å². The Morgan fingerprint density at radius 3 is 3.12 bits per heavy atom. The van der Waals surface area contributed by atoms with Crippen molar-refractivity contribution in [1.82, 2.24) is 4.98 Å². The van der Waals surface area contributed by atoms with E-state index in [9.17, 15) is 10.1 Å². The number of hydrogen-bond acceptors (Lipinski definition) is 5. The maximum absolute atomic E-state index is 10.6. The van der Waals surface area contributed by atoms with Crippen molar-refractivity contribution in [3.05, 3.63) is 28.4 Å². The van der Waals surface area contributed by atoms with Gasteiger partial charge in [0.25, 0.3) is 5.69 Å². The van der Waals surface area contributed by atoms with Crippen molar-refractivity contribution < 1.29 is 4.92 Å². The van der Waals surface area contributed by atoms with Crippen LogP contribution >= 0.6 is 0 Å². The quantitative estimate of drug-likeness (QED) is 0.594. The van der Waals surface area contributed by atoms with Crippen molar-refractivity contribution in [2.45, 2.75) is 18.9 Å². The first kappa shape index (κ1) is 10.8. The van der Waals surface area contributed by atoms with Crippen molar-refractivity contribution in [1.29, 1.82) is 0 Å². The zero-order valence-corrected chi connectivity index (χ0v) is 8.87. The molecule has 86 valence electrons. The SMILES string of the molecule is NC1CCCN(c2cc([N+](=O)[O-])ccn2)C1. The number of pyridine rings is 1. The van der Waals surface area contributed by atoms with Crippen LogP contribution in [0, 0.1) is 10.1 Å². The molecule has 1 aromatic heterocycles. The van der Waals surface area contributed by atoms with Gasteiger partial charge in [-0.2, -0.15) is 0 Å². The van der Waals surface area contributed by atoms with Gasteiger partial charge in [0, 0.05) is 31.4 Å². The lowest BCUT2D eigenvalue weighted by molar-refractivity contribution is -0.384. The second-order valence-electron chi connectivity index (χ2n) is 3.98. The molecule has 0 saturated carbocycles. The minimum absolute atomic E-state index is 0.0733. The Bertz CT molecular complexity index is 396. The van der Waals surface area contributed by atoms with Crippen LogP contribution in [-0.4, -0.2) is 29.0 Å². The Morgan fingerprint density at radius 2 is 2.44 bits per heavy atom. The predicted octanol–water partition coefficient (Wildman–Crippen LogP) is 0.917. The number of nitrogens with zero attached hydrogens (tertiary/aromatic N) is 3. The van der Waals surface area contributed by atoms with Gasteiger partial charge in [-0.05, 0) is 12.8 Å². The zero-order chi connectivity index (χ0) is 11.5. The molecule has 0 radical (unpaired) electrons. The van der Waals surface area contributed by atoms with Gasteiger partial charge < -0.3 is 10.6 Å². The Balaban J connectivity index is 2.19. The average Bonchev–Trinajstić information content (AvgIpc) is 2.29. The van der Waals surface area contributed by atoms with E-state index in [0.717, 1.165) is 19.4 Å². The summed E-state index contributed by atoms with van der Waals surface area (Å²) in [5, 5.41) is 10.6. The van der Waals surface area contributed by atoms with Crippen LogP contribution in [0.5, 0.6) is 0 Å². The van der Waals surface area contributed by atoms with Crippen LogP contribution in [0.2, 0.25) is 0 Å². The molecule has 2 N–H and O–H groups in total. The van der Waals surface area contributed by atoms with Gasteiger partial charge in [0.1, 0.15) is 5.82 Å². The van der Waals surface area contributed by atoms with Crippen molar-refractivity contribution in [2.24, 2.45) is 5.73 Å². The number of rotatable bonds is 2. The summed E-state index contributed by atoms with van der Waals surface area (Å²) in [6, 6.07) is 3.03. The van der Waals surface area contributed by atoms with Crippen molar-refractivity contribution in [3.8, 4) is 0 Å². The monoisotopic (exact) mass is 222 g/mol. The van der Waals surface area contributed by atoms with Crippen LogP contribution < -0.4 is 10.6 Å². The highest BCUT2D eigenvalue weighted by Crippen LogP contribution is 2.21. The van der Waals surface area contributed by atoms with Crippen LogP contribution in [-0.2, 0) is 0 Å². The maximum atomic E-state index is 10.6. The van der Waals surface area contributed by atoms with E-state index in [4.69, 9.17) is 5.73 Å². The lowest BCUT2D eigenvalue weighted by atomic mass is 10.1. The third-order valence-corrected chi connectivity index (χ3v) is 2.72. The molecule has 1 aliphatic rings. The van der Waals surface area contributed by atoms with E-state index in [1.54, 1.807) is 0 Å². The van der Waals surface area contributed by atoms with Crippen LogP contribution in [0.1, 0.15) is 12.8 Å². The van der Waals surface area contributed by atoms with Crippen LogP contribution in [0.25, 0.3) is 0 Å². The number of nitro groups is 1. The van der Waals surface area contributed by atoms with Gasteiger partial charge in [-0.3, -0.25) is 10.1 Å². The Hall–Kier alpha value is -1.69. The molecule has 0 aromatic carbocycles. The van der Waals surface area contributed by atoms with Gasteiger partial charge >= 0.3 is 0 Å². The van der Waals surface area contributed by atoms with E-state index in [0.29, 0.717) is 12.4 Å². The number of nitrogens with two attached hydrogens (primary N) is 1. The molecule has 1 aliphatic heterocycles. The molecule has 2 heterocycles. The number of anilines is 1. The fourth-order valence-corrected chi connectivity index (χ4v) is 1.91.